The number of carbonyl (C=O) groups excluding carboxylic acids is 1. The van der Waals surface area contributed by atoms with Gasteiger partial charge in [0.15, 0.2) is 0 Å². The molecule has 17 heavy (non-hydrogen) atoms. The van der Waals surface area contributed by atoms with Crippen LogP contribution in [0, 0.1) is 5.92 Å². The Bertz CT molecular complexity index is 235. The van der Waals surface area contributed by atoms with Crippen molar-refractivity contribution in [2.24, 2.45) is 5.92 Å². The van der Waals surface area contributed by atoms with Crippen LogP contribution in [0.5, 0.6) is 0 Å². The van der Waals surface area contributed by atoms with E-state index < -0.39 is 0 Å². The van der Waals surface area contributed by atoms with E-state index in [1.165, 1.54) is 0 Å². The second-order valence-corrected chi connectivity index (χ2v) is 4.49. The van der Waals surface area contributed by atoms with Gasteiger partial charge in [0.1, 0.15) is 6.61 Å². The fourth-order valence-corrected chi connectivity index (χ4v) is 1.87. The number of nitrogens with zero attached hydrogens (tertiary/aromatic N) is 1. The summed E-state index contributed by atoms with van der Waals surface area (Å²) in [6, 6.07) is 0. The van der Waals surface area contributed by atoms with Crippen molar-refractivity contribution in [3.8, 4) is 0 Å². The fraction of sp³-hybridized carbons (Fsp3) is 0.917. The maximum Gasteiger partial charge on any atom is 0.332 e. The number of piperidine rings is 1. The highest BCUT2D eigenvalue weighted by Crippen LogP contribution is 2.16. The molecule has 1 saturated heterocycles. The SMILES string of the molecule is CCOC(=O)COCCN1CCC(C)C(O)C1. The predicted octanol–water partition coefficient (Wildman–Crippen LogP) is 0.269. The summed E-state index contributed by atoms with van der Waals surface area (Å²) >= 11 is 0. The van der Waals surface area contributed by atoms with Crippen molar-refractivity contribution in [1.29, 1.82) is 0 Å². The van der Waals surface area contributed by atoms with Crippen LogP contribution in [-0.4, -0.2) is 61.5 Å². The molecule has 2 unspecified atom stereocenters. The first-order valence-corrected chi connectivity index (χ1v) is 6.27. The number of likely N-dealkylation sites (tertiary alicyclic amines) is 1. The van der Waals surface area contributed by atoms with Crippen LogP contribution >= 0.6 is 0 Å². The van der Waals surface area contributed by atoms with Gasteiger partial charge in [0.05, 0.1) is 19.3 Å². The van der Waals surface area contributed by atoms with E-state index >= 15 is 0 Å². The third-order valence-electron chi connectivity index (χ3n) is 3.08. The second-order valence-electron chi connectivity index (χ2n) is 4.49. The molecular formula is C12H23NO4. The second kappa shape index (κ2) is 7.63. The zero-order valence-corrected chi connectivity index (χ0v) is 10.7. The Balaban J connectivity index is 2.05. The number of β-amino-alcohol motifs (C(OH)–C–C–N with tert-alkyl or cyclic N) is 1. The lowest BCUT2D eigenvalue weighted by Gasteiger charge is -2.34. The van der Waals surface area contributed by atoms with Crippen LogP contribution < -0.4 is 0 Å². The summed E-state index contributed by atoms with van der Waals surface area (Å²) in [6.07, 6.45) is 0.771. The lowest BCUT2D eigenvalue weighted by molar-refractivity contribution is -0.148. The van der Waals surface area contributed by atoms with Crippen molar-refractivity contribution >= 4 is 5.97 Å². The van der Waals surface area contributed by atoms with Crippen molar-refractivity contribution in [2.45, 2.75) is 26.4 Å². The Hall–Kier alpha value is -0.650. The van der Waals surface area contributed by atoms with Gasteiger partial charge in [-0.05, 0) is 25.8 Å². The van der Waals surface area contributed by atoms with Crippen LogP contribution in [-0.2, 0) is 14.3 Å². The highest BCUT2D eigenvalue weighted by Gasteiger charge is 2.23. The molecule has 5 heteroatoms. The minimum absolute atomic E-state index is 0.0145. The van der Waals surface area contributed by atoms with E-state index in [-0.39, 0.29) is 18.7 Å². The molecule has 0 amide bonds. The Morgan fingerprint density at radius 2 is 2.29 bits per heavy atom. The molecule has 1 rings (SSSR count). The summed E-state index contributed by atoms with van der Waals surface area (Å²) in [7, 11) is 0. The number of aliphatic hydroxyl groups excluding tert-OH is 1. The molecule has 1 aliphatic rings. The number of esters is 1. The minimum atomic E-state index is -0.320. The topological polar surface area (TPSA) is 59.0 Å². The molecule has 0 aromatic heterocycles. The van der Waals surface area contributed by atoms with E-state index in [1.807, 2.05) is 0 Å². The summed E-state index contributed by atoms with van der Waals surface area (Å²) in [6.45, 7) is 7.18. The monoisotopic (exact) mass is 245 g/mol. The van der Waals surface area contributed by atoms with E-state index in [0.717, 1.165) is 19.5 Å². The molecule has 0 spiro atoms. The van der Waals surface area contributed by atoms with Gasteiger partial charge in [-0.3, -0.25) is 4.90 Å². The number of rotatable bonds is 6. The van der Waals surface area contributed by atoms with E-state index in [4.69, 9.17) is 9.47 Å². The first-order chi connectivity index (χ1) is 8.13. The quantitative estimate of drug-likeness (QED) is 0.537. The van der Waals surface area contributed by atoms with Crippen LogP contribution in [0.2, 0.25) is 0 Å². The predicted molar refractivity (Wildman–Crippen MR) is 63.7 cm³/mol. The summed E-state index contributed by atoms with van der Waals surface area (Å²) in [5.74, 6) is 0.0616. The molecule has 0 aliphatic carbocycles. The largest absolute Gasteiger partial charge is 0.464 e. The molecule has 0 saturated carbocycles. The van der Waals surface area contributed by atoms with Gasteiger partial charge in [-0.15, -0.1) is 0 Å². The molecule has 1 aliphatic heterocycles. The normalized spacial score (nSPS) is 25.8. The van der Waals surface area contributed by atoms with Gasteiger partial charge >= 0.3 is 5.97 Å². The van der Waals surface area contributed by atoms with Gasteiger partial charge in [0.2, 0.25) is 0 Å². The van der Waals surface area contributed by atoms with Gasteiger partial charge < -0.3 is 14.6 Å². The molecular weight excluding hydrogens is 222 g/mol. The van der Waals surface area contributed by atoms with Crippen molar-refractivity contribution < 1.29 is 19.4 Å². The van der Waals surface area contributed by atoms with Gasteiger partial charge in [-0.25, -0.2) is 4.79 Å². The number of aliphatic hydroxyl groups is 1. The Kier molecular flexibility index (Phi) is 6.47. The molecule has 0 aromatic rings. The van der Waals surface area contributed by atoms with Crippen molar-refractivity contribution in [3.05, 3.63) is 0 Å². The smallest absolute Gasteiger partial charge is 0.332 e. The lowest BCUT2D eigenvalue weighted by atomic mass is 9.96. The van der Waals surface area contributed by atoms with Crippen molar-refractivity contribution in [3.63, 3.8) is 0 Å². The van der Waals surface area contributed by atoms with Crippen molar-refractivity contribution in [1.82, 2.24) is 4.90 Å². The molecule has 5 nitrogen and oxygen atoms in total. The molecule has 1 fully saturated rings. The van der Waals surface area contributed by atoms with Crippen LogP contribution in [0.4, 0.5) is 0 Å². The Morgan fingerprint density at radius 3 is 2.94 bits per heavy atom. The van der Waals surface area contributed by atoms with Crippen LogP contribution in [0.1, 0.15) is 20.3 Å². The van der Waals surface area contributed by atoms with E-state index in [2.05, 4.69) is 11.8 Å². The summed E-state index contributed by atoms with van der Waals surface area (Å²) in [5.41, 5.74) is 0. The third kappa shape index (κ3) is 5.48. The number of hydrogen-bond acceptors (Lipinski definition) is 5. The maximum atomic E-state index is 11.0. The number of hydrogen-bond donors (Lipinski definition) is 1. The van der Waals surface area contributed by atoms with E-state index in [0.29, 0.717) is 25.7 Å². The average Bonchev–Trinajstić information content (AvgIpc) is 2.29. The zero-order valence-electron chi connectivity index (χ0n) is 10.7. The van der Waals surface area contributed by atoms with Crippen molar-refractivity contribution in [2.75, 3.05) is 39.5 Å². The molecule has 1 N–H and O–H groups in total. The standard InChI is InChI=1S/C12H23NO4/c1-3-17-12(15)9-16-7-6-13-5-4-10(2)11(14)8-13/h10-11,14H,3-9H2,1-2H3. The third-order valence-corrected chi connectivity index (χ3v) is 3.08. The first kappa shape index (κ1) is 14.4. The van der Waals surface area contributed by atoms with Gasteiger partial charge in [0.25, 0.3) is 0 Å². The summed E-state index contributed by atoms with van der Waals surface area (Å²) < 4.78 is 9.96. The van der Waals surface area contributed by atoms with Crippen LogP contribution in [0.3, 0.4) is 0 Å². The van der Waals surface area contributed by atoms with E-state index in [9.17, 15) is 9.90 Å². The highest BCUT2D eigenvalue weighted by molar-refractivity contribution is 5.70. The number of carbonyl (C=O) groups is 1. The maximum absolute atomic E-state index is 11.0. The molecule has 0 bridgehead atoms. The van der Waals surface area contributed by atoms with Gasteiger partial charge in [0, 0.05) is 13.1 Å². The lowest BCUT2D eigenvalue weighted by Crippen LogP contribution is -2.44. The number of ether oxygens (including phenoxy) is 2. The minimum Gasteiger partial charge on any atom is -0.464 e. The Morgan fingerprint density at radius 1 is 1.53 bits per heavy atom. The van der Waals surface area contributed by atoms with Gasteiger partial charge in [-0.2, -0.15) is 0 Å². The molecule has 2 atom stereocenters. The molecule has 0 radical (unpaired) electrons. The van der Waals surface area contributed by atoms with Crippen LogP contribution in [0.25, 0.3) is 0 Å². The fourth-order valence-electron chi connectivity index (χ4n) is 1.87. The highest BCUT2D eigenvalue weighted by atomic mass is 16.6. The summed E-state index contributed by atoms with van der Waals surface area (Å²) in [5, 5.41) is 9.71. The molecule has 1 heterocycles. The summed E-state index contributed by atoms with van der Waals surface area (Å²) in [4.78, 5) is 13.2. The zero-order chi connectivity index (χ0) is 12.7. The average molecular weight is 245 g/mol. The Labute approximate surface area is 103 Å². The van der Waals surface area contributed by atoms with E-state index in [1.54, 1.807) is 6.92 Å². The molecule has 100 valence electrons. The van der Waals surface area contributed by atoms with Crippen LogP contribution in [0.15, 0.2) is 0 Å². The first-order valence-electron chi connectivity index (χ1n) is 6.27. The van der Waals surface area contributed by atoms with Gasteiger partial charge in [-0.1, -0.05) is 6.92 Å². The molecule has 0 aromatic carbocycles.